The Labute approximate surface area is 261 Å². The molecule has 1 aromatic heterocycles. The van der Waals surface area contributed by atoms with Crippen LogP contribution in [-0.4, -0.2) is 9.55 Å². The van der Waals surface area contributed by atoms with Crippen LogP contribution < -0.4 is 10.4 Å². The average Bonchev–Trinajstić information content (AvgIpc) is 3.51. The summed E-state index contributed by atoms with van der Waals surface area (Å²) in [6, 6.07) is 52.4. The normalized spacial score (nSPS) is 12.6. The molecule has 0 saturated heterocycles. The van der Waals surface area contributed by atoms with E-state index in [9.17, 15) is 0 Å². The van der Waals surface area contributed by atoms with Crippen LogP contribution in [0.3, 0.4) is 0 Å². The molecule has 1 heterocycles. The fraction of sp³-hybridized carbons (Fsp3) is 0.0465. The van der Waals surface area contributed by atoms with Crippen LogP contribution in [0.15, 0.2) is 146 Å². The third-order valence-corrected chi connectivity index (χ3v) is 9.20. The van der Waals surface area contributed by atoms with Gasteiger partial charge in [0.15, 0.2) is 0 Å². The molecule has 2 nitrogen and oxygen atoms in total. The largest absolute Gasteiger partial charge is 0.292 e. The molecular formula is C43H30N2. The van der Waals surface area contributed by atoms with Gasteiger partial charge in [-0.05, 0) is 97.4 Å². The smallest absolute Gasteiger partial charge is 0.145 e. The van der Waals surface area contributed by atoms with E-state index in [0.717, 1.165) is 41.0 Å². The third kappa shape index (κ3) is 4.22. The van der Waals surface area contributed by atoms with Crippen molar-refractivity contribution in [3.8, 4) is 39.3 Å². The number of para-hydroxylation sites is 2. The fourth-order valence-corrected chi connectivity index (χ4v) is 7.17. The lowest BCUT2D eigenvalue weighted by Gasteiger charge is -2.18. The van der Waals surface area contributed by atoms with Gasteiger partial charge in [-0.1, -0.05) is 127 Å². The quantitative estimate of drug-likeness (QED) is 0.205. The summed E-state index contributed by atoms with van der Waals surface area (Å²) in [5.74, 6) is 0.954. The zero-order valence-corrected chi connectivity index (χ0v) is 24.8. The first-order chi connectivity index (χ1) is 22.3. The Balaban J connectivity index is 1.26. The minimum atomic E-state index is 0.954. The lowest BCUT2D eigenvalue weighted by Crippen LogP contribution is -2.31. The predicted molar refractivity (Wildman–Crippen MR) is 190 cm³/mol. The summed E-state index contributed by atoms with van der Waals surface area (Å²) >= 11 is 0. The minimum absolute atomic E-state index is 0.954. The molecule has 0 unspecified atom stereocenters. The number of benzene rings is 7. The molecule has 45 heavy (non-hydrogen) atoms. The highest BCUT2D eigenvalue weighted by atomic mass is 15.1. The van der Waals surface area contributed by atoms with Crippen LogP contribution in [0.25, 0.3) is 84.1 Å². The van der Waals surface area contributed by atoms with Crippen molar-refractivity contribution in [2.45, 2.75) is 12.8 Å². The van der Waals surface area contributed by atoms with Crippen molar-refractivity contribution in [2.24, 2.45) is 0 Å². The molecule has 0 atom stereocenters. The van der Waals surface area contributed by atoms with Crippen LogP contribution >= 0.6 is 0 Å². The number of hydrogen-bond acceptors (Lipinski definition) is 1. The monoisotopic (exact) mass is 574 g/mol. The second kappa shape index (κ2) is 10.5. The van der Waals surface area contributed by atoms with Gasteiger partial charge in [0.1, 0.15) is 5.82 Å². The van der Waals surface area contributed by atoms with Gasteiger partial charge < -0.3 is 0 Å². The van der Waals surface area contributed by atoms with Crippen LogP contribution in [0.5, 0.6) is 0 Å². The Hall–Kier alpha value is -5.73. The number of hydrogen-bond donors (Lipinski definition) is 0. The van der Waals surface area contributed by atoms with Gasteiger partial charge in [0.25, 0.3) is 0 Å². The summed E-state index contributed by atoms with van der Waals surface area (Å²) in [6.07, 6.45) is 7.01. The van der Waals surface area contributed by atoms with Crippen LogP contribution in [0.2, 0.25) is 0 Å². The Kier molecular flexibility index (Phi) is 5.99. The molecule has 0 radical (unpaired) electrons. The molecule has 9 rings (SSSR count). The SMILES string of the molecule is C1=c2c(-c3ccc(-n4c(-c5ccccc5)nc5ccccc54)cc3)c3ccccc3c(-c3ccc4ccccc4c3)c2=CCC1. The molecule has 8 aromatic rings. The predicted octanol–water partition coefficient (Wildman–Crippen LogP) is 9.69. The molecule has 0 aliphatic heterocycles. The van der Waals surface area contributed by atoms with E-state index in [0.29, 0.717) is 0 Å². The summed E-state index contributed by atoms with van der Waals surface area (Å²) in [7, 11) is 0. The number of imidazole rings is 1. The van der Waals surface area contributed by atoms with E-state index in [1.54, 1.807) is 0 Å². The van der Waals surface area contributed by atoms with E-state index in [1.807, 2.05) is 0 Å². The molecule has 2 heteroatoms. The zero-order chi connectivity index (χ0) is 29.7. The van der Waals surface area contributed by atoms with Gasteiger partial charge in [-0.25, -0.2) is 4.98 Å². The van der Waals surface area contributed by atoms with Crippen molar-refractivity contribution in [1.82, 2.24) is 9.55 Å². The highest BCUT2D eigenvalue weighted by molar-refractivity contribution is 6.07. The van der Waals surface area contributed by atoms with Crippen LogP contribution in [-0.2, 0) is 0 Å². The van der Waals surface area contributed by atoms with Crippen molar-refractivity contribution >= 4 is 44.7 Å². The highest BCUT2D eigenvalue weighted by Crippen LogP contribution is 2.35. The van der Waals surface area contributed by atoms with Gasteiger partial charge in [0.05, 0.1) is 11.0 Å². The summed E-state index contributed by atoms with van der Waals surface area (Å²) in [6.45, 7) is 0. The number of nitrogens with zero attached hydrogens (tertiary/aromatic N) is 2. The average molecular weight is 575 g/mol. The van der Waals surface area contributed by atoms with Gasteiger partial charge >= 0.3 is 0 Å². The highest BCUT2D eigenvalue weighted by Gasteiger charge is 2.18. The molecular weight excluding hydrogens is 544 g/mol. The van der Waals surface area contributed by atoms with E-state index >= 15 is 0 Å². The van der Waals surface area contributed by atoms with E-state index in [4.69, 9.17) is 4.98 Å². The molecule has 0 bridgehead atoms. The Morgan fingerprint density at radius 1 is 0.467 bits per heavy atom. The van der Waals surface area contributed by atoms with Crippen LogP contribution in [0.1, 0.15) is 12.8 Å². The van der Waals surface area contributed by atoms with Crippen molar-refractivity contribution in [2.75, 3.05) is 0 Å². The number of rotatable bonds is 4. The first-order valence-corrected chi connectivity index (χ1v) is 15.7. The van der Waals surface area contributed by atoms with Crippen molar-refractivity contribution in [3.63, 3.8) is 0 Å². The van der Waals surface area contributed by atoms with Crippen molar-refractivity contribution in [3.05, 3.63) is 156 Å². The molecule has 0 spiro atoms. The Morgan fingerprint density at radius 3 is 1.82 bits per heavy atom. The molecule has 1 aliphatic rings. The second-order valence-corrected chi connectivity index (χ2v) is 11.8. The second-order valence-electron chi connectivity index (χ2n) is 11.8. The van der Waals surface area contributed by atoms with Crippen molar-refractivity contribution in [1.29, 1.82) is 0 Å². The zero-order valence-electron chi connectivity index (χ0n) is 24.8. The summed E-state index contributed by atoms with van der Waals surface area (Å²) in [5, 5.41) is 7.82. The van der Waals surface area contributed by atoms with Crippen LogP contribution in [0.4, 0.5) is 0 Å². The standard InChI is InChI=1S/C43H30N2/c1-2-13-31(14-3-1)43-44-39-20-10-11-21-40(39)45(43)34-26-24-30(25-27-34)41-35-16-6-8-18-37(35)42(38-19-9-7-17-36(38)41)33-23-22-29-12-4-5-15-32(29)28-33/h1-6,8,10-28H,7,9H2. The van der Waals surface area contributed by atoms with Gasteiger partial charge in [-0.2, -0.15) is 0 Å². The molecule has 1 aliphatic carbocycles. The molecule has 0 N–H and O–H groups in total. The van der Waals surface area contributed by atoms with E-state index in [2.05, 4.69) is 162 Å². The molecule has 0 fully saturated rings. The topological polar surface area (TPSA) is 17.8 Å². The molecule has 7 aromatic carbocycles. The summed E-state index contributed by atoms with van der Waals surface area (Å²) in [5.41, 5.74) is 9.46. The summed E-state index contributed by atoms with van der Waals surface area (Å²) in [4.78, 5) is 5.05. The minimum Gasteiger partial charge on any atom is -0.292 e. The van der Waals surface area contributed by atoms with Gasteiger partial charge in [0.2, 0.25) is 0 Å². The van der Waals surface area contributed by atoms with E-state index in [1.165, 1.54) is 54.2 Å². The van der Waals surface area contributed by atoms with E-state index in [-0.39, 0.29) is 0 Å². The molecule has 212 valence electrons. The van der Waals surface area contributed by atoms with Crippen molar-refractivity contribution < 1.29 is 0 Å². The third-order valence-electron chi connectivity index (χ3n) is 9.20. The number of aromatic nitrogens is 2. The Bertz CT molecular complexity index is 2520. The summed E-state index contributed by atoms with van der Waals surface area (Å²) < 4.78 is 2.28. The first kappa shape index (κ1) is 25.7. The maximum atomic E-state index is 5.05. The fourth-order valence-electron chi connectivity index (χ4n) is 7.17. The van der Waals surface area contributed by atoms with Gasteiger partial charge in [-0.3, -0.25) is 4.57 Å². The lowest BCUT2D eigenvalue weighted by atomic mass is 9.86. The maximum Gasteiger partial charge on any atom is 0.145 e. The maximum absolute atomic E-state index is 5.05. The van der Waals surface area contributed by atoms with Gasteiger partial charge in [0, 0.05) is 11.3 Å². The van der Waals surface area contributed by atoms with E-state index < -0.39 is 0 Å². The lowest BCUT2D eigenvalue weighted by molar-refractivity contribution is 1.10. The molecule has 0 saturated carbocycles. The van der Waals surface area contributed by atoms with Crippen LogP contribution in [0, 0.1) is 0 Å². The number of fused-ring (bicyclic) bond motifs is 4. The Morgan fingerprint density at radius 2 is 1.07 bits per heavy atom. The van der Waals surface area contributed by atoms with Gasteiger partial charge in [-0.15, -0.1) is 0 Å². The molecule has 0 amide bonds. The first-order valence-electron chi connectivity index (χ1n) is 15.7.